The molecule has 5 heteroatoms. The van der Waals surface area contributed by atoms with Gasteiger partial charge >= 0.3 is 6.18 Å². The Balaban J connectivity index is 1.70. The summed E-state index contributed by atoms with van der Waals surface area (Å²) in [5.74, 6) is 0.784. The van der Waals surface area contributed by atoms with Gasteiger partial charge in [-0.15, -0.1) is 0 Å². The van der Waals surface area contributed by atoms with Crippen LogP contribution in [0, 0.1) is 5.92 Å². The minimum atomic E-state index is -4.09. The van der Waals surface area contributed by atoms with Gasteiger partial charge in [0.15, 0.2) is 0 Å². The zero-order valence-electron chi connectivity index (χ0n) is 10.8. The summed E-state index contributed by atoms with van der Waals surface area (Å²) in [5, 5.41) is 2.65. The molecule has 0 aromatic heterocycles. The second kappa shape index (κ2) is 6.24. The fourth-order valence-electron chi connectivity index (χ4n) is 3.21. The van der Waals surface area contributed by atoms with Gasteiger partial charge in [0.05, 0.1) is 6.54 Å². The quantitative estimate of drug-likeness (QED) is 0.840. The van der Waals surface area contributed by atoms with Gasteiger partial charge in [0.25, 0.3) is 0 Å². The normalized spacial score (nSPS) is 27.8. The third-order valence-electron chi connectivity index (χ3n) is 4.09. The van der Waals surface area contributed by atoms with E-state index in [0.717, 1.165) is 38.4 Å². The van der Waals surface area contributed by atoms with Gasteiger partial charge in [-0.05, 0) is 38.1 Å². The molecule has 0 aromatic carbocycles. The molecule has 0 aromatic rings. The molecule has 106 valence electrons. The van der Waals surface area contributed by atoms with Gasteiger partial charge in [0, 0.05) is 19.1 Å². The highest BCUT2D eigenvalue weighted by Gasteiger charge is 2.30. The van der Waals surface area contributed by atoms with E-state index in [1.165, 1.54) is 25.7 Å². The summed E-state index contributed by atoms with van der Waals surface area (Å²) >= 11 is 0. The van der Waals surface area contributed by atoms with Crippen molar-refractivity contribution >= 4 is 0 Å². The van der Waals surface area contributed by atoms with Crippen LogP contribution in [0.15, 0.2) is 0 Å². The number of nitrogens with one attached hydrogen (secondary N) is 1. The maximum absolute atomic E-state index is 12.2. The first-order valence-corrected chi connectivity index (χ1v) is 7.05. The maximum atomic E-state index is 12.2. The smallest absolute Gasteiger partial charge is 0.305 e. The summed E-state index contributed by atoms with van der Waals surface area (Å²) in [5.41, 5.74) is 0. The molecular weight excluding hydrogens is 241 g/mol. The summed E-state index contributed by atoms with van der Waals surface area (Å²) in [4.78, 5) is 2.35. The average Bonchev–Trinajstić information content (AvgIpc) is 2.79. The molecule has 1 atom stereocenters. The molecule has 0 radical (unpaired) electrons. The monoisotopic (exact) mass is 264 g/mol. The summed E-state index contributed by atoms with van der Waals surface area (Å²) in [7, 11) is 0. The van der Waals surface area contributed by atoms with Gasteiger partial charge in [-0.1, -0.05) is 12.8 Å². The number of nitrogens with zero attached hydrogens (tertiary/aromatic N) is 1. The largest absolute Gasteiger partial charge is 0.401 e. The van der Waals surface area contributed by atoms with Gasteiger partial charge in [-0.3, -0.25) is 0 Å². The number of alkyl halides is 3. The summed E-state index contributed by atoms with van der Waals surface area (Å²) in [6.07, 6.45) is 3.06. The van der Waals surface area contributed by atoms with E-state index in [4.69, 9.17) is 0 Å². The van der Waals surface area contributed by atoms with Crippen LogP contribution in [0.1, 0.15) is 38.5 Å². The number of halogens is 3. The molecule has 0 bridgehead atoms. The Kier molecular flexibility index (Phi) is 4.90. The van der Waals surface area contributed by atoms with E-state index in [2.05, 4.69) is 10.2 Å². The van der Waals surface area contributed by atoms with Gasteiger partial charge in [0.2, 0.25) is 0 Å². The van der Waals surface area contributed by atoms with Crippen molar-refractivity contribution in [3.05, 3.63) is 0 Å². The fourth-order valence-corrected chi connectivity index (χ4v) is 3.21. The van der Waals surface area contributed by atoms with Crippen molar-refractivity contribution in [1.29, 1.82) is 0 Å². The minimum absolute atomic E-state index is 0.0155. The zero-order chi connectivity index (χ0) is 13.0. The molecule has 1 N–H and O–H groups in total. The Hall–Kier alpha value is -0.290. The molecular formula is C13H23F3N2. The van der Waals surface area contributed by atoms with E-state index in [9.17, 15) is 13.2 Å². The minimum Gasteiger partial charge on any atom is -0.305 e. The van der Waals surface area contributed by atoms with Crippen molar-refractivity contribution in [3.63, 3.8) is 0 Å². The SMILES string of the molecule is FC(F)(F)CNC1CCCN(CC2CCCC2)C1. The molecule has 0 amide bonds. The van der Waals surface area contributed by atoms with Crippen LogP contribution >= 0.6 is 0 Å². The Bertz CT molecular complexity index is 249. The average molecular weight is 264 g/mol. The van der Waals surface area contributed by atoms with E-state index in [1.807, 2.05) is 0 Å². The van der Waals surface area contributed by atoms with Crippen molar-refractivity contribution in [2.45, 2.75) is 50.7 Å². The predicted molar refractivity (Wildman–Crippen MR) is 65.5 cm³/mol. The third-order valence-corrected chi connectivity index (χ3v) is 4.09. The number of hydrogen-bond donors (Lipinski definition) is 1. The van der Waals surface area contributed by atoms with Crippen LogP contribution in [0.5, 0.6) is 0 Å². The molecule has 1 unspecified atom stereocenters. The molecule has 2 aliphatic rings. The van der Waals surface area contributed by atoms with E-state index < -0.39 is 12.7 Å². The molecule has 1 saturated heterocycles. The first-order chi connectivity index (χ1) is 8.53. The molecule has 0 spiro atoms. The van der Waals surface area contributed by atoms with Crippen LogP contribution in [0.25, 0.3) is 0 Å². The standard InChI is InChI=1S/C13H23F3N2/c14-13(15,16)10-17-12-6-3-7-18(9-12)8-11-4-1-2-5-11/h11-12,17H,1-10H2. The third kappa shape index (κ3) is 4.76. The van der Waals surface area contributed by atoms with E-state index >= 15 is 0 Å². The first kappa shape index (κ1) is 14.1. The number of piperidine rings is 1. The summed E-state index contributed by atoms with van der Waals surface area (Å²) < 4.78 is 36.5. The molecule has 1 aliphatic carbocycles. The van der Waals surface area contributed by atoms with Gasteiger partial charge < -0.3 is 10.2 Å². The Morgan fingerprint density at radius 3 is 2.44 bits per heavy atom. The van der Waals surface area contributed by atoms with Gasteiger partial charge in [-0.2, -0.15) is 13.2 Å². The summed E-state index contributed by atoms with van der Waals surface area (Å²) in [6.45, 7) is 2.08. The highest BCUT2D eigenvalue weighted by atomic mass is 19.4. The van der Waals surface area contributed by atoms with Crippen molar-refractivity contribution < 1.29 is 13.2 Å². The van der Waals surface area contributed by atoms with Crippen LogP contribution in [0.2, 0.25) is 0 Å². The van der Waals surface area contributed by atoms with Crippen LogP contribution in [0.3, 0.4) is 0 Å². The lowest BCUT2D eigenvalue weighted by atomic mass is 10.0. The maximum Gasteiger partial charge on any atom is 0.401 e. The lowest BCUT2D eigenvalue weighted by molar-refractivity contribution is -0.127. The van der Waals surface area contributed by atoms with Gasteiger partial charge in [0.1, 0.15) is 0 Å². The lowest BCUT2D eigenvalue weighted by Crippen LogP contribution is -2.49. The molecule has 1 heterocycles. The number of hydrogen-bond acceptors (Lipinski definition) is 2. The van der Waals surface area contributed by atoms with E-state index in [0.29, 0.717) is 0 Å². The molecule has 18 heavy (non-hydrogen) atoms. The second-order valence-corrected chi connectivity index (χ2v) is 5.75. The topological polar surface area (TPSA) is 15.3 Å². The molecule has 1 aliphatic heterocycles. The highest BCUT2D eigenvalue weighted by molar-refractivity contribution is 4.81. The van der Waals surface area contributed by atoms with Crippen molar-refractivity contribution in [2.75, 3.05) is 26.2 Å². The van der Waals surface area contributed by atoms with Crippen LogP contribution in [-0.4, -0.2) is 43.3 Å². The summed E-state index contributed by atoms with van der Waals surface area (Å²) in [6, 6.07) is 0.0155. The Labute approximate surface area is 107 Å². The Morgan fingerprint density at radius 1 is 1.06 bits per heavy atom. The Morgan fingerprint density at radius 2 is 1.78 bits per heavy atom. The van der Waals surface area contributed by atoms with Crippen LogP contribution in [0.4, 0.5) is 13.2 Å². The second-order valence-electron chi connectivity index (χ2n) is 5.75. The number of likely N-dealkylation sites (tertiary alicyclic amines) is 1. The molecule has 2 nitrogen and oxygen atoms in total. The molecule has 2 rings (SSSR count). The highest BCUT2D eigenvalue weighted by Crippen LogP contribution is 2.26. The van der Waals surface area contributed by atoms with Crippen molar-refractivity contribution in [2.24, 2.45) is 5.92 Å². The zero-order valence-corrected chi connectivity index (χ0v) is 10.8. The predicted octanol–water partition coefficient (Wildman–Crippen LogP) is 2.79. The number of rotatable bonds is 4. The fraction of sp³-hybridized carbons (Fsp3) is 1.00. The molecule has 2 fully saturated rings. The van der Waals surface area contributed by atoms with E-state index in [-0.39, 0.29) is 6.04 Å². The van der Waals surface area contributed by atoms with Gasteiger partial charge in [-0.25, -0.2) is 0 Å². The van der Waals surface area contributed by atoms with Crippen LogP contribution in [-0.2, 0) is 0 Å². The van der Waals surface area contributed by atoms with Crippen molar-refractivity contribution in [3.8, 4) is 0 Å². The van der Waals surface area contributed by atoms with Crippen LogP contribution < -0.4 is 5.32 Å². The molecule has 1 saturated carbocycles. The van der Waals surface area contributed by atoms with Crippen molar-refractivity contribution in [1.82, 2.24) is 10.2 Å². The lowest BCUT2D eigenvalue weighted by Gasteiger charge is -2.34. The first-order valence-electron chi connectivity index (χ1n) is 7.05. The van der Waals surface area contributed by atoms with E-state index in [1.54, 1.807) is 0 Å².